The molecule has 5 N–H and O–H groups in total. The number of hydrogen-bond donors (Lipinski definition) is 3. The van der Waals surface area contributed by atoms with E-state index in [-0.39, 0.29) is 0 Å². The molecule has 1 atom stereocenters. The van der Waals surface area contributed by atoms with Crippen LogP contribution in [0.3, 0.4) is 0 Å². The molecule has 200 valence electrons. The summed E-state index contributed by atoms with van der Waals surface area (Å²) in [6.07, 6.45) is 18.6. The fraction of sp³-hybridized carbons (Fsp3) is 0.250. The molecule has 0 aromatic heterocycles. The lowest BCUT2D eigenvalue weighted by Crippen LogP contribution is -3.00. The minimum atomic E-state index is 0.502. The van der Waals surface area contributed by atoms with Crippen LogP contribution < -0.4 is 25.4 Å². The molecule has 1 aliphatic carbocycles. The van der Waals surface area contributed by atoms with E-state index in [9.17, 15) is 0 Å². The van der Waals surface area contributed by atoms with E-state index < -0.39 is 0 Å². The molecule has 2 aromatic carbocycles. The number of allylic oxidation sites excluding steroid dienone is 6. The average Bonchev–Trinajstić information content (AvgIpc) is 3.63. The Labute approximate surface area is 229 Å². The van der Waals surface area contributed by atoms with Crippen molar-refractivity contribution in [2.24, 2.45) is 0 Å². The smallest absolute Gasteiger partial charge is 0.198 e. The van der Waals surface area contributed by atoms with Gasteiger partial charge in [-0.05, 0) is 55.7 Å². The van der Waals surface area contributed by atoms with E-state index in [1.165, 1.54) is 27.4 Å². The molecule has 4 aliphatic rings. The third kappa shape index (κ3) is 5.86. The quantitative estimate of drug-likeness (QED) is 0.514. The monoisotopic (exact) mass is 524 g/mol. The summed E-state index contributed by atoms with van der Waals surface area (Å²) in [5.41, 5.74) is 11.2. The molecule has 2 aromatic rings. The zero-order valence-corrected chi connectivity index (χ0v) is 22.2. The van der Waals surface area contributed by atoms with Crippen LogP contribution in [0, 0.1) is 0 Å². The Morgan fingerprint density at radius 3 is 2.74 bits per heavy atom. The lowest BCUT2D eigenvalue weighted by Gasteiger charge is -2.28. The van der Waals surface area contributed by atoms with Crippen LogP contribution in [-0.4, -0.2) is 37.8 Å². The highest BCUT2D eigenvalue weighted by atomic mass is 16.5. The lowest BCUT2D eigenvalue weighted by atomic mass is 9.90. The topological polar surface area (TPSA) is 75.0 Å². The number of fused-ring (bicyclic) bond motifs is 1. The first-order chi connectivity index (χ1) is 19.2. The summed E-state index contributed by atoms with van der Waals surface area (Å²) in [4.78, 5) is 3.67. The van der Waals surface area contributed by atoms with Crippen molar-refractivity contribution in [2.75, 3.05) is 38.2 Å². The van der Waals surface area contributed by atoms with Gasteiger partial charge in [0, 0.05) is 36.4 Å². The number of para-hydroxylation sites is 3. The number of anilines is 1. The Hall–Kier alpha value is -4.04. The second-order valence-electron chi connectivity index (χ2n) is 9.98. The minimum Gasteiger partial charge on any atom is -0.483 e. The first-order valence-corrected chi connectivity index (χ1v) is 13.7. The number of benzene rings is 2. The van der Waals surface area contributed by atoms with Crippen molar-refractivity contribution in [3.63, 3.8) is 0 Å². The van der Waals surface area contributed by atoms with Gasteiger partial charge >= 0.3 is 0 Å². The second kappa shape index (κ2) is 11.8. The summed E-state index contributed by atoms with van der Waals surface area (Å²) in [7, 11) is 0. The van der Waals surface area contributed by atoms with E-state index in [1.54, 1.807) is 0 Å². The van der Waals surface area contributed by atoms with Gasteiger partial charge in [-0.1, -0.05) is 30.3 Å². The molecule has 3 aliphatic heterocycles. The van der Waals surface area contributed by atoms with Crippen LogP contribution in [0.25, 0.3) is 0 Å². The number of ether oxygens (including phenoxy) is 3. The third-order valence-electron chi connectivity index (χ3n) is 7.36. The maximum Gasteiger partial charge on any atom is 0.198 e. The van der Waals surface area contributed by atoms with Gasteiger partial charge in [-0.15, -0.1) is 0 Å². The Balaban J connectivity index is 1.26. The van der Waals surface area contributed by atoms with Crippen molar-refractivity contribution in [1.82, 2.24) is 4.90 Å². The van der Waals surface area contributed by atoms with Gasteiger partial charge in [-0.3, -0.25) is 0 Å². The number of morpholine rings is 1. The van der Waals surface area contributed by atoms with E-state index >= 15 is 0 Å². The first kappa shape index (κ1) is 25.2. The summed E-state index contributed by atoms with van der Waals surface area (Å²) >= 11 is 0. The summed E-state index contributed by atoms with van der Waals surface area (Å²) in [5.74, 6) is 2.44. The van der Waals surface area contributed by atoms with Crippen molar-refractivity contribution < 1.29 is 24.8 Å². The minimum absolute atomic E-state index is 0.502. The molecular formula is C32H36N4O3+2. The van der Waals surface area contributed by atoms with Gasteiger partial charge in [0.1, 0.15) is 24.7 Å². The predicted octanol–water partition coefficient (Wildman–Crippen LogP) is 3.79. The normalized spacial score (nSPS) is 22.8. The van der Waals surface area contributed by atoms with Crippen LogP contribution in [-0.2, 0) is 4.74 Å². The van der Waals surface area contributed by atoms with Crippen molar-refractivity contribution >= 4 is 11.4 Å². The molecule has 1 unspecified atom stereocenters. The average molecular weight is 525 g/mol. The van der Waals surface area contributed by atoms with E-state index in [0.29, 0.717) is 6.61 Å². The summed E-state index contributed by atoms with van der Waals surface area (Å²) in [6, 6.07) is 15.9. The molecule has 0 spiro atoms. The highest BCUT2D eigenvalue weighted by molar-refractivity contribution is 5.64. The van der Waals surface area contributed by atoms with Gasteiger partial charge in [0.15, 0.2) is 23.1 Å². The molecule has 0 amide bonds. The van der Waals surface area contributed by atoms with Gasteiger partial charge in [-0.25, -0.2) is 4.90 Å². The van der Waals surface area contributed by atoms with Crippen molar-refractivity contribution in [1.29, 1.82) is 0 Å². The zero-order chi connectivity index (χ0) is 26.4. The van der Waals surface area contributed by atoms with Crippen LogP contribution in [0.4, 0.5) is 11.4 Å². The fourth-order valence-corrected chi connectivity index (χ4v) is 5.39. The van der Waals surface area contributed by atoms with Crippen LogP contribution >= 0.6 is 0 Å². The van der Waals surface area contributed by atoms with Gasteiger partial charge < -0.3 is 30.2 Å². The highest BCUT2D eigenvalue weighted by Gasteiger charge is 2.28. The maximum absolute atomic E-state index is 6.02. The molecule has 0 saturated carbocycles. The van der Waals surface area contributed by atoms with E-state index in [0.717, 1.165) is 74.3 Å². The number of nitrogens with zero attached hydrogens (tertiary/aromatic N) is 1. The molecule has 0 bridgehead atoms. The molecule has 6 rings (SSSR count). The molecule has 7 heteroatoms. The molecule has 1 fully saturated rings. The van der Waals surface area contributed by atoms with E-state index in [1.807, 2.05) is 48.5 Å². The van der Waals surface area contributed by atoms with Crippen molar-refractivity contribution in [3.8, 4) is 11.5 Å². The molecular weight excluding hydrogens is 488 g/mol. The van der Waals surface area contributed by atoms with Gasteiger partial charge in [-0.2, -0.15) is 0 Å². The molecule has 7 nitrogen and oxygen atoms in total. The standard InChI is InChI=1S/C32H34N4O3/c33-27-10-1-3-12-29(27)38-20-6-9-24-7-5-8-25(14-15-31-34-28-11-2-4-13-30(28)39-31)32(24)36-17-16-26(23-36)35-18-21-37-22-19-35/h1-4,6,9-17,23,34H,5,7-8,18-22,33H2/p+2/b9-6+,25-14+,31-15-. The van der Waals surface area contributed by atoms with Gasteiger partial charge in [0.25, 0.3) is 0 Å². The van der Waals surface area contributed by atoms with Crippen LogP contribution in [0.2, 0.25) is 0 Å². The predicted molar refractivity (Wildman–Crippen MR) is 152 cm³/mol. The highest BCUT2D eigenvalue weighted by Crippen LogP contribution is 2.33. The summed E-state index contributed by atoms with van der Waals surface area (Å²) < 4.78 is 17.6. The largest absolute Gasteiger partial charge is 0.483 e. The third-order valence-corrected chi connectivity index (χ3v) is 7.36. The number of quaternary nitrogens is 2. The Morgan fingerprint density at radius 2 is 1.87 bits per heavy atom. The summed E-state index contributed by atoms with van der Waals surface area (Å²) in [6.45, 7) is 3.92. The lowest BCUT2D eigenvalue weighted by molar-refractivity contribution is -0.741. The van der Waals surface area contributed by atoms with Gasteiger partial charge in [0.2, 0.25) is 0 Å². The SMILES string of the molecule is [NH3+]c1ccccc1OC/C=C/C1=C([NH+]2C=CC(N3CCOCC3)=C2)C(=C/C=C2/Nc3ccccc3O2)/CCC1. The Morgan fingerprint density at radius 1 is 1.03 bits per heavy atom. The first-order valence-electron chi connectivity index (χ1n) is 13.7. The van der Waals surface area contributed by atoms with Crippen LogP contribution in [0.15, 0.2) is 120 Å². The summed E-state index contributed by atoms with van der Waals surface area (Å²) in [5, 5.41) is 3.37. The molecule has 3 heterocycles. The number of hydrogen-bond acceptors (Lipinski definition) is 5. The molecule has 0 radical (unpaired) electrons. The van der Waals surface area contributed by atoms with Crippen molar-refractivity contribution in [3.05, 3.63) is 120 Å². The fourth-order valence-electron chi connectivity index (χ4n) is 5.39. The molecule has 39 heavy (non-hydrogen) atoms. The van der Waals surface area contributed by atoms with E-state index in [2.05, 4.69) is 58.7 Å². The second-order valence-corrected chi connectivity index (χ2v) is 9.98. The van der Waals surface area contributed by atoms with Crippen LogP contribution in [0.5, 0.6) is 11.5 Å². The van der Waals surface area contributed by atoms with Gasteiger partial charge in [0.05, 0.1) is 24.6 Å². The maximum atomic E-state index is 6.02. The van der Waals surface area contributed by atoms with E-state index in [4.69, 9.17) is 14.2 Å². The Bertz CT molecular complexity index is 1370. The Kier molecular flexibility index (Phi) is 7.63. The number of nitrogens with one attached hydrogen (secondary N) is 2. The number of rotatable bonds is 7. The molecule has 1 saturated heterocycles. The van der Waals surface area contributed by atoms with Crippen LogP contribution in [0.1, 0.15) is 19.3 Å². The zero-order valence-electron chi connectivity index (χ0n) is 22.2. The van der Waals surface area contributed by atoms with Crippen molar-refractivity contribution in [2.45, 2.75) is 19.3 Å².